The predicted molar refractivity (Wildman–Crippen MR) is 110 cm³/mol. The van der Waals surface area contributed by atoms with Gasteiger partial charge in [-0.3, -0.25) is 14.5 Å². The molecule has 1 aliphatic rings. The summed E-state index contributed by atoms with van der Waals surface area (Å²) in [6, 6.07) is 13.1. The van der Waals surface area contributed by atoms with Crippen molar-refractivity contribution < 1.29 is 13.2 Å². The third-order valence-corrected chi connectivity index (χ3v) is 5.97. The van der Waals surface area contributed by atoms with E-state index in [4.69, 9.17) is 11.6 Å². The lowest BCUT2D eigenvalue weighted by Gasteiger charge is -2.16. The second-order valence-corrected chi connectivity index (χ2v) is 9.16. The fraction of sp³-hybridized carbons (Fsp3) is 0.300. The maximum atomic E-state index is 12.8. The first-order valence-electron chi connectivity index (χ1n) is 8.98. The van der Waals surface area contributed by atoms with Gasteiger partial charge in [0.25, 0.3) is 10.0 Å². The number of hydrogen-bond donors (Lipinski definition) is 2. The number of nitrogens with one attached hydrogen (secondary N) is 2. The van der Waals surface area contributed by atoms with Gasteiger partial charge in [0.2, 0.25) is 5.91 Å². The molecule has 148 valence electrons. The Kier molecular flexibility index (Phi) is 6.05. The van der Waals surface area contributed by atoms with Gasteiger partial charge < -0.3 is 5.32 Å². The number of carbonyl (C=O) groups excluding carboxylic acids is 1. The summed E-state index contributed by atoms with van der Waals surface area (Å²) in [5.41, 5.74) is 1.40. The third-order valence-electron chi connectivity index (χ3n) is 4.32. The Balaban J connectivity index is 1.81. The maximum Gasteiger partial charge on any atom is 0.263 e. The molecule has 0 aliphatic carbocycles. The van der Waals surface area contributed by atoms with Crippen molar-refractivity contribution in [2.45, 2.75) is 37.8 Å². The number of halogens is 1. The van der Waals surface area contributed by atoms with Gasteiger partial charge in [0, 0.05) is 17.1 Å². The zero-order valence-corrected chi connectivity index (χ0v) is 17.2. The maximum absolute atomic E-state index is 12.8. The van der Waals surface area contributed by atoms with Crippen molar-refractivity contribution in [2.24, 2.45) is 10.9 Å². The molecule has 0 aromatic heterocycles. The van der Waals surface area contributed by atoms with E-state index >= 15 is 0 Å². The average Bonchev–Trinajstić information content (AvgIpc) is 2.91. The van der Waals surface area contributed by atoms with Crippen molar-refractivity contribution in [3.8, 4) is 0 Å². The summed E-state index contributed by atoms with van der Waals surface area (Å²) in [6.07, 6.45) is 0.500. The minimum Gasteiger partial charge on any atom is -0.350 e. The van der Waals surface area contributed by atoms with Crippen LogP contribution in [-0.2, 0) is 21.4 Å². The topological polar surface area (TPSA) is 87.6 Å². The Morgan fingerprint density at radius 3 is 2.50 bits per heavy atom. The van der Waals surface area contributed by atoms with Crippen molar-refractivity contribution in [2.75, 3.05) is 0 Å². The highest BCUT2D eigenvalue weighted by atomic mass is 35.5. The van der Waals surface area contributed by atoms with E-state index in [1.807, 2.05) is 26.0 Å². The van der Waals surface area contributed by atoms with Gasteiger partial charge in [0.1, 0.15) is 11.9 Å². The molecule has 2 aromatic rings. The fourth-order valence-electron chi connectivity index (χ4n) is 2.96. The second-order valence-electron chi connectivity index (χ2n) is 7.07. The van der Waals surface area contributed by atoms with Crippen LogP contribution in [0.15, 0.2) is 58.4 Å². The van der Waals surface area contributed by atoms with Crippen LogP contribution in [-0.4, -0.2) is 26.2 Å². The lowest BCUT2D eigenvalue weighted by atomic mass is 10.0. The van der Waals surface area contributed by atoms with E-state index in [-0.39, 0.29) is 22.6 Å². The molecular weight excluding hydrogens is 398 g/mol. The van der Waals surface area contributed by atoms with Crippen molar-refractivity contribution >= 4 is 33.4 Å². The molecule has 6 nitrogen and oxygen atoms in total. The van der Waals surface area contributed by atoms with Crippen LogP contribution in [0.1, 0.15) is 31.4 Å². The normalized spacial score (nSPS) is 17.2. The van der Waals surface area contributed by atoms with Gasteiger partial charge >= 0.3 is 0 Å². The van der Waals surface area contributed by atoms with Crippen LogP contribution in [0, 0.1) is 5.92 Å². The predicted octanol–water partition coefficient (Wildman–Crippen LogP) is 3.11. The van der Waals surface area contributed by atoms with Crippen LogP contribution in [0.5, 0.6) is 0 Å². The lowest BCUT2D eigenvalue weighted by Crippen LogP contribution is -2.36. The van der Waals surface area contributed by atoms with Crippen molar-refractivity contribution in [1.82, 2.24) is 10.0 Å². The molecule has 0 fully saturated rings. The van der Waals surface area contributed by atoms with Gasteiger partial charge in [0.15, 0.2) is 0 Å². The number of benzene rings is 2. The Morgan fingerprint density at radius 2 is 1.82 bits per heavy atom. The summed E-state index contributed by atoms with van der Waals surface area (Å²) < 4.78 is 27.0. The smallest absolute Gasteiger partial charge is 0.263 e. The zero-order chi connectivity index (χ0) is 20.3. The van der Waals surface area contributed by atoms with Gasteiger partial charge in [-0.1, -0.05) is 49.7 Å². The molecule has 1 amide bonds. The molecule has 1 atom stereocenters. The molecular formula is C20H22ClN3O3S. The Hall–Kier alpha value is -2.38. The van der Waals surface area contributed by atoms with E-state index in [2.05, 4.69) is 15.0 Å². The molecule has 1 aliphatic heterocycles. The molecule has 0 bridgehead atoms. The fourth-order valence-corrected chi connectivity index (χ4v) is 4.32. The zero-order valence-electron chi connectivity index (χ0n) is 15.6. The van der Waals surface area contributed by atoms with Crippen LogP contribution in [0.2, 0.25) is 5.02 Å². The van der Waals surface area contributed by atoms with Gasteiger partial charge in [-0.2, -0.15) is 0 Å². The molecule has 2 N–H and O–H groups in total. The van der Waals surface area contributed by atoms with Crippen LogP contribution in [0.4, 0.5) is 0 Å². The monoisotopic (exact) mass is 419 g/mol. The second kappa shape index (κ2) is 8.32. The first-order chi connectivity index (χ1) is 13.3. The Morgan fingerprint density at radius 1 is 1.14 bits per heavy atom. The minimum atomic E-state index is -3.64. The van der Waals surface area contributed by atoms with Gasteiger partial charge in [-0.15, -0.1) is 0 Å². The van der Waals surface area contributed by atoms with E-state index < -0.39 is 16.1 Å². The number of nitrogens with zero attached hydrogens (tertiary/aromatic N) is 1. The molecule has 1 unspecified atom stereocenters. The van der Waals surface area contributed by atoms with Crippen LogP contribution < -0.4 is 10.0 Å². The minimum absolute atomic E-state index is 0.179. The summed E-state index contributed by atoms with van der Waals surface area (Å²) in [5.74, 6) is 0.173. The average molecular weight is 420 g/mol. The number of amides is 1. The molecule has 2 aromatic carbocycles. The Labute approximate surface area is 170 Å². The summed E-state index contributed by atoms with van der Waals surface area (Å²) in [7, 11) is -3.64. The van der Waals surface area contributed by atoms with Crippen LogP contribution >= 0.6 is 11.6 Å². The van der Waals surface area contributed by atoms with E-state index in [0.29, 0.717) is 23.6 Å². The van der Waals surface area contributed by atoms with E-state index in [0.717, 1.165) is 5.56 Å². The van der Waals surface area contributed by atoms with E-state index in [1.54, 1.807) is 30.3 Å². The largest absolute Gasteiger partial charge is 0.350 e. The molecule has 28 heavy (non-hydrogen) atoms. The Bertz CT molecular complexity index is 1000. The van der Waals surface area contributed by atoms with Crippen molar-refractivity contribution in [3.05, 3.63) is 64.7 Å². The third kappa shape index (κ3) is 4.72. The SMILES string of the molecule is CC(C)CC(N=C1NS(=O)(=O)c2ccccc21)C(=O)NCc1ccc(Cl)cc1. The first-order valence-corrected chi connectivity index (χ1v) is 10.8. The summed E-state index contributed by atoms with van der Waals surface area (Å²) in [5, 5.41) is 3.51. The quantitative estimate of drug-likeness (QED) is 0.754. The summed E-state index contributed by atoms with van der Waals surface area (Å²) >= 11 is 5.88. The molecule has 0 spiro atoms. The molecule has 0 saturated heterocycles. The van der Waals surface area contributed by atoms with E-state index in [9.17, 15) is 13.2 Å². The van der Waals surface area contributed by atoms with Gasteiger partial charge in [0.05, 0.1) is 4.90 Å². The first kappa shape index (κ1) is 20.4. The molecule has 3 rings (SSSR count). The molecule has 0 saturated carbocycles. The molecule has 0 radical (unpaired) electrons. The number of aliphatic imine (C=N–C) groups is 1. The molecule has 1 heterocycles. The summed E-state index contributed by atoms with van der Waals surface area (Å²) in [6.45, 7) is 4.33. The number of hydrogen-bond acceptors (Lipinski definition) is 4. The van der Waals surface area contributed by atoms with Gasteiger partial charge in [-0.25, -0.2) is 8.42 Å². The standard InChI is InChI=1S/C20H22ClN3O3S/c1-13(2)11-17(20(25)22-12-14-7-9-15(21)10-8-14)23-19-16-5-3-4-6-18(16)28(26,27)24-19/h3-10,13,17H,11-12H2,1-2H3,(H,22,25)(H,23,24). The number of sulfonamides is 1. The number of fused-ring (bicyclic) bond motifs is 1. The van der Waals surface area contributed by atoms with Crippen molar-refractivity contribution in [1.29, 1.82) is 0 Å². The highest BCUT2D eigenvalue weighted by Gasteiger charge is 2.32. The molecule has 8 heteroatoms. The number of carbonyl (C=O) groups is 1. The summed E-state index contributed by atoms with van der Waals surface area (Å²) in [4.78, 5) is 17.4. The van der Waals surface area contributed by atoms with Crippen LogP contribution in [0.25, 0.3) is 0 Å². The van der Waals surface area contributed by atoms with E-state index in [1.165, 1.54) is 6.07 Å². The highest BCUT2D eigenvalue weighted by molar-refractivity contribution is 7.90. The van der Waals surface area contributed by atoms with Crippen molar-refractivity contribution in [3.63, 3.8) is 0 Å². The van der Waals surface area contributed by atoms with Crippen LogP contribution in [0.3, 0.4) is 0 Å². The number of amidine groups is 1. The lowest BCUT2D eigenvalue weighted by molar-refractivity contribution is -0.122. The van der Waals surface area contributed by atoms with Gasteiger partial charge in [-0.05, 0) is 42.2 Å². The highest BCUT2D eigenvalue weighted by Crippen LogP contribution is 2.23. The number of rotatable bonds is 6.